The SMILES string of the molecule is CN1C[C@@H](S)C[C@H]1C(=O)N1CC[C@H](N=C(N)C(=O)OCc2ccc([N+](=O)[O-])cc2)C1. The lowest BCUT2D eigenvalue weighted by molar-refractivity contribution is -0.384. The molecular weight excluding hydrogens is 410 g/mol. The average molecular weight is 436 g/mol. The number of amidine groups is 1. The van der Waals surface area contributed by atoms with Gasteiger partial charge in [0.25, 0.3) is 5.69 Å². The number of benzene rings is 1. The van der Waals surface area contributed by atoms with Gasteiger partial charge in [-0.1, -0.05) is 0 Å². The van der Waals surface area contributed by atoms with Gasteiger partial charge in [-0.05, 0) is 37.6 Å². The summed E-state index contributed by atoms with van der Waals surface area (Å²) < 4.78 is 5.12. The van der Waals surface area contributed by atoms with Crippen LogP contribution in [0.3, 0.4) is 0 Å². The van der Waals surface area contributed by atoms with E-state index < -0.39 is 10.9 Å². The smallest absolute Gasteiger partial charge is 0.373 e. The Morgan fingerprint density at radius 3 is 2.63 bits per heavy atom. The maximum absolute atomic E-state index is 12.7. The number of nitrogens with zero attached hydrogens (tertiary/aromatic N) is 4. The molecule has 2 saturated heterocycles. The summed E-state index contributed by atoms with van der Waals surface area (Å²) in [6, 6.07) is 5.27. The summed E-state index contributed by atoms with van der Waals surface area (Å²) in [4.78, 5) is 43.0. The molecule has 0 aliphatic carbocycles. The Labute approximate surface area is 179 Å². The van der Waals surface area contributed by atoms with Crippen molar-refractivity contribution in [3.05, 3.63) is 39.9 Å². The van der Waals surface area contributed by atoms with Gasteiger partial charge in [-0.3, -0.25) is 24.8 Å². The van der Waals surface area contributed by atoms with Crippen molar-refractivity contribution in [2.75, 3.05) is 26.7 Å². The zero-order valence-corrected chi connectivity index (χ0v) is 17.5. The van der Waals surface area contributed by atoms with Crippen molar-refractivity contribution in [1.29, 1.82) is 0 Å². The Morgan fingerprint density at radius 2 is 2.03 bits per heavy atom. The van der Waals surface area contributed by atoms with Crippen LogP contribution in [-0.2, 0) is 20.9 Å². The molecule has 1 aromatic carbocycles. The summed E-state index contributed by atoms with van der Waals surface area (Å²) in [5.41, 5.74) is 6.33. The van der Waals surface area contributed by atoms with Crippen molar-refractivity contribution < 1.29 is 19.2 Å². The molecule has 3 atom stereocenters. The molecule has 2 N–H and O–H groups in total. The van der Waals surface area contributed by atoms with Crippen LogP contribution < -0.4 is 5.73 Å². The third kappa shape index (κ3) is 5.28. The van der Waals surface area contributed by atoms with Gasteiger partial charge in [0.2, 0.25) is 11.7 Å². The molecule has 2 aliphatic rings. The van der Waals surface area contributed by atoms with Crippen molar-refractivity contribution in [2.24, 2.45) is 10.7 Å². The third-order valence-electron chi connectivity index (χ3n) is 5.33. The van der Waals surface area contributed by atoms with Crippen LogP contribution in [0, 0.1) is 10.1 Å². The minimum atomic E-state index is -0.758. The van der Waals surface area contributed by atoms with Gasteiger partial charge in [-0.25, -0.2) is 4.79 Å². The highest BCUT2D eigenvalue weighted by molar-refractivity contribution is 7.81. The molecule has 3 rings (SSSR count). The normalized spacial score (nSPS) is 24.8. The van der Waals surface area contributed by atoms with Gasteiger partial charge in [0.15, 0.2) is 0 Å². The number of non-ortho nitro benzene ring substituents is 1. The van der Waals surface area contributed by atoms with Gasteiger partial charge >= 0.3 is 5.97 Å². The van der Waals surface area contributed by atoms with Crippen molar-refractivity contribution in [3.8, 4) is 0 Å². The molecule has 2 fully saturated rings. The number of likely N-dealkylation sites (N-methyl/N-ethyl adjacent to an activating group) is 1. The monoisotopic (exact) mass is 435 g/mol. The van der Waals surface area contributed by atoms with Crippen LogP contribution in [0.4, 0.5) is 5.69 Å². The van der Waals surface area contributed by atoms with E-state index in [0.717, 1.165) is 13.0 Å². The first-order valence-electron chi connectivity index (χ1n) is 9.65. The molecule has 0 unspecified atom stereocenters. The number of amides is 1. The number of carbonyl (C=O) groups excluding carboxylic acids is 2. The van der Waals surface area contributed by atoms with Crippen LogP contribution in [0.2, 0.25) is 0 Å². The maximum Gasteiger partial charge on any atom is 0.373 e. The van der Waals surface area contributed by atoms with Gasteiger partial charge < -0.3 is 15.4 Å². The summed E-state index contributed by atoms with van der Waals surface area (Å²) in [6.07, 6.45) is 1.35. The number of ether oxygens (including phenoxy) is 1. The number of esters is 1. The van der Waals surface area contributed by atoms with Crippen LogP contribution in [0.5, 0.6) is 0 Å². The Hall–Kier alpha value is -2.66. The average Bonchev–Trinajstić information content (AvgIpc) is 3.31. The van der Waals surface area contributed by atoms with Gasteiger partial charge in [0.1, 0.15) is 6.61 Å². The number of thiol groups is 1. The van der Waals surface area contributed by atoms with Crippen LogP contribution in [-0.4, -0.2) is 76.5 Å². The van der Waals surface area contributed by atoms with E-state index in [1.54, 1.807) is 4.90 Å². The number of aliphatic imine (C=N–C) groups is 1. The largest absolute Gasteiger partial charge is 0.455 e. The molecule has 0 spiro atoms. The quantitative estimate of drug-likeness (QED) is 0.173. The van der Waals surface area contributed by atoms with Crippen LogP contribution >= 0.6 is 12.6 Å². The second kappa shape index (κ2) is 9.43. The van der Waals surface area contributed by atoms with Crippen molar-refractivity contribution >= 4 is 36.0 Å². The molecule has 0 radical (unpaired) electrons. The van der Waals surface area contributed by atoms with Crippen LogP contribution in [0.1, 0.15) is 18.4 Å². The van der Waals surface area contributed by atoms with Gasteiger partial charge in [-0.2, -0.15) is 12.6 Å². The van der Waals surface area contributed by atoms with E-state index in [0.29, 0.717) is 25.1 Å². The van der Waals surface area contributed by atoms with Crippen LogP contribution in [0.15, 0.2) is 29.3 Å². The van der Waals surface area contributed by atoms with E-state index in [1.165, 1.54) is 24.3 Å². The lowest BCUT2D eigenvalue weighted by Gasteiger charge is -2.24. The molecule has 1 amide bonds. The number of carbonyl (C=O) groups is 2. The third-order valence-corrected chi connectivity index (χ3v) is 5.71. The number of nitrogens with two attached hydrogens (primary N) is 1. The fourth-order valence-electron chi connectivity index (χ4n) is 3.71. The molecule has 0 saturated carbocycles. The Morgan fingerprint density at radius 1 is 1.33 bits per heavy atom. The zero-order chi connectivity index (χ0) is 21.8. The number of hydrogen-bond acceptors (Lipinski definition) is 8. The first-order valence-corrected chi connectivity index (χ1v) is 10.2. The standard InChI is InChI=1S/C19H25N5O5S/c1-22-10-15(30)8-16(22)18(25)23-7-6-13(9-23)21-17(20)19(26)29-11-12-2-4-14(5-3-12)24(27)28/h2-5,13,15-16,30H,6-11H2,1H3,(H2,20,21)/t13-,15-,16-/m0/s1. The predicted molar refractivity (Wildman–Crippen MR) is 113 cm³/mol. The molecule has 2 aliphatic heterocycles. The van der Waals surface area contributed by atoms with Gasteiger partial charge in [0, 0.05) is 37.0 Å². The fourth-order valence-corrected chi connectivity index (χ4v) is 4.16. The summed E-state index contributed by atoms with van der Waals surface area (Å²) in [6.45, 7) is 1.69. The van der Waals surface area contributed by atoms with E-state index in [2.05, 4.69) is 17.6 Å². The second-order valence-electron chi connectivity index (χ2n) is 7.59. The highest BCUT2D eigenvalue weighted by Gasteiger charge is 2.37. The summed E-state index contributed by atoms with van der Waals surface area (Å²) in [5, 5.41) is 10.9. The predicted octanol–water partition coefficient (Wildman–Crippen LogP) is 0.599. The Kier molecular flexibility index (Phi) is 6.93. The van der Waals surface area contributed by atoms with E-state index >= 15 is 0 Å². The number of nitro benzene ring substituents is 1. The number of likely N-dealkylation sites (tertiary alicyclic amines) is 2. The Bertz CT molecular complexity index is 846. The molecule has 0 aromatic heterocycles. The molecule has 0 bridgehead atoms. The lowest BCUT2D eigenvalue weighted by Crippen LogP contribution is -2.43. The highest BCUT2D eigenvalue weighted by atomic mass is 32.1. The van der Waals surface area contributed by atoms with Crippen molar-refractivity contribution in [3.63, 3.8) is 0 Å². The molecule has 162 valence electrons. The summed E-state index contributed by atoms with van der Waals surface area (Å²) in [7, 11) is 1.92. The second-order valence-corrected chi connectivity index (χ2v) is 8.32. The summed E-state index contributed by atoms with van der Waals surface area (Å²) in [5.74, 6) is -0.942. The van der Waals surface area contributed by atoms with Gasteiger partial charge in [-0.15, -0.1) is 0 Å². The molecule has 2 heterocycles. The van der Waals surface area contributed by atoms with Crippen molar-refractivity contribution in [2.45, 2.75) is 36.8 Å². The summed E-state index contributed by atoms with van der Waals surface area (Å²) >= 11 is 4.46. The Balaban J connectivity index is 1.49. The molecule has 11 heteroatoms. The molecule has 1 aromatic rings. The lowest BCUT2D eigenvalue weighted by atomic mass is 10.2. The fraction of sp³-hybridized carbons (Fsp3) is 0.526. The zero-order valence-electron chi connectivity index (χ0n) is 16.6. The van der Waals surface area contributed by atoms with E-state index in [9.17, 15) is 19.7 Å². The number of nitro groups is 1. The van der Waals surface area contributed by atoms with E-state index in [4.69, 9.17) is 10.5 Å². The maximum atomic E-state index is 12.7. The van der Waals surface area contributed by atoms with Gasteiger partial charge in [0.05, 0.1) is 17.0 Å². The molecule has 10 nitrogen and oxygen atoms in total. The van der Waals surface area contributed by atoms with Crippen molar-refractivity contribution in [1.82, 2.24) is 9.80 Å². The van der Waals surface area contributed by atoms with Crippen LogP contribution in [0.25, 0.3) is 0 Å². The first-order chi connectivity index (χ1) is 14.2. The minimum absolute atomic E-state index is 0.0415. The number of rotatable bonds is 5. The topological polar surface area (TPSA) is 131 Å². The minimum Gasteiger partial charge on any atom is -0.455 e. The number of hydrogen-bond donors (Lipinski definition) is 2. The highest BCUT2D eigenvalue weighted by Crippen LogP contribution is 2.24. The van der Waals surface area contributed by atoms with E-state index in [-0.39, 0.29) is 41.4 Å². The molecule has 30 heavy (non-hydrogen) atoms. The van der Waals surface area contributed by atoms with E-state index in [1.807, 2.05) is 11.9 Å². The first kappa shape index (κ1) is 22.0. The molecular formula is C19H25N5O5S.